The largest absolute Gasteiger partial charge is 0.263 e. The molecule has 3 rings (SSSR count). The van der Waals surface area contributed by atoms with Gasteiger partial charge in [-0.15, -0.1) is 0 Å². The van der Waals surface area contributed by atoms with Crippen LogP contribution >= 0.6 is 11.3 Å². The summed E-state index contributed by atoms with van der Waals surface area (Å²) in [5.74, 6) is 0. The van der Waals surface area contributed by atoms with E-state index in [2.05, 4.69) is 14.7 Å². The number of pyridine rings is 2. The van der Waals surface area contributed by atoms with Gasteiger partial charge in [-0.3, -0.25) is 9.97 Å². The fourth-order valence-electron chi connectivity index (χ4n) is 1.92. The quantitative estimate of drug-likeness (QED) is 0.780. The number of nitrogens with zero attached hydrogens (tertiary/aromatic N) is 2. The highest BCUT2D eigenvalue weighted by atomic mass is 32.2. The van der Waals surface area contributed by atoms with Crippen molar-refractivity contribution in [2.24, 2.45) is 0 Å². The smallest absolute Gasteiger partial charge is 0.242 e. The van der Waals surface area contributed by atoms with Crippen molar-refractivity contribution in [1.82, 2.24) is 14.7 Å². The van der Waals surface area contributed by atoms with Crippen LogP contribution in [-0.2, 0) is 16.6 Å². The Morgan fingerprint density at radius 1 is 1.18 bits per heavy atom. The molecule has 0 aliphatic heterocycles. The maximum absolute atomic E-state index is 12.2. The fraction of sp³-hybridized carbons (Fsp3) is 0.0667. The summed E-state index contributed by atoms with van der Waals surface area (Å²) in [6.45, 7) is 0.205. The predicted molar refractivity (Wildman–Crippen MR) is 85.8 cm³/mol. The van der Waals surface area contributed by atoms with Gasteiger partial charge in [0.2, 0.25) is 10.0 Å². The van der Waals surface area contributed by atoms with Gasteiger partial charge in [0, 0.05) is 36.1 Å². The first kappa shape index (κ1) is 14.8. The minimum atomic E-state index is -3.56. The van der Waals surface area contributed by atoms with Crippen molar-refractivity contribution in [1.29, 1.82) is 0 Å². The number of sulfonamides is 1. The van der Waals surface area contributed by atoms with E-state index in [1.54, 1.807) is 29.7 Å². The second-order valence-corrected chi connectivity index (χ2v) is 7.12. The molecule has 0 aromatic carbocycles. The Kier molecular flexibility index (Phi) is 4.28. The molecule has 0 fully saturated rings. The van der Waals surface area contributed by atoms with Crippen LogP contribution in [0.3, 0.4) is 0 Å². The Bertz CT molecular complexity index is 848. The first-order valence-electron chi connectivity index (χ1n) is 6.52. The van der Waals surface area contributed by atoms with E-state index in [-0.39, 0.29) is 11.4 Å². The monoisotopic (exact) mass is 331 g/mol. The molecular weight excluding hydrogens is 318 g/mol. The first-order chi connectivity index (χ1) is 10.6. The number of thiophene rings is 1. The Labute approximate surface area is 132 Å². The molecule has 5 nitrogen and oxygen atoms in total. The number of aromatic nitrogens is 2. The Morgan fingerprint density at radius 2 is 2.09 bits per heavy atom. The standard InChI is InChI=1S/C15H13N3O2S2/c19-22(20,14-2-1-5-16-10-14)18-9-12-3-6-17-15(8-12)13-4-7-21-11-13/h1-8,10-11,18H,9H2. The molecule has 0 aliphatic carbocycles. The SMILES string of the molecule is O=S(=O)(NCc1ccnc(-c2ccsc2)c1)c1cccnc1. The van der Waals surface area contributed by atoms with E-state index in [0.29, 0.717) is 0 Å². The number of nitrogens with one attached hydrogen (secondary N) is 1. The van der Waals surface area contributed by atoms with E-state index in [9.17, 15) is 8.42 Å². The molecule has 1 N–H and O–H groups in total. The van der Waals surface area contributed by atoms with Gasteiger partial charge in [-0.25, -0.2) is 13.1 Å². The molecule has 3 aromatic rings. The van der Waals surface area contributed by atoms with Gasteiger partial charge in [-0.05, 0) is 41.3 Å². The van der Waals surface area contributed by atoms with Crippen LogP contribution in [-0.4, -0.2) is 18.4 Å². The normalized spacial score (nSPS) is 11.5. The van der Waals surface area contributed by atoms with Crippen molar-refractivity contribution in [2.45, 2.75) is 11.4 Å². The van der Waals surface area contributed by atoms with Crippen LogP contribution in [0.25, 0.3) is 11.3 Å². The van der Waals surface area contributed by atoms with Gasteiger partial charge in [-0.2, -0.15) is 11.3 Å². The van der Waals surface area contributed by atoms with Crippen LogP contribution in [0.15, 0.2) is 64.6 Å². The summed E-state index contributed by atoms with van der Waals surface area (Å²) in [6, 6.07) is 8.76. The van der Waals surface area contributed by atoms with Gasteiger partial charge in [0.05, 0.1) is 5.69 Å². The summed E-state index contributed by atoms with van der Waals surface area (Å²) in [6.07, 6.45) is 4.54. The molecule has 3 heterocycles. The van der Waals surface area contributed by atoms with Crippen molar-refractivity contribution < 1.29 is 8.42 Å². The minimum absolute atomic E-state index is 0.155. The third kappa shape index (κ3) is 3.38. The molecule has 0 atom stereocenters. The first-order valence-corrected chi connectivity index (χ1v) is 8.95. The molecule has 0 saturated carbocycles. The van der Waals surface area contributed by atoms with Crippen LogP contribution in [0.4, 0.5) is 0 Å². The third-order valence-electron chi connectivity index (χ3n) is 3.05. The molecule has 0 bridgehead atoms. The van der Waals surface area contributed by atoms with Crippen molar-refractivity contribution in [3.8, 4) is 11.3 Å². The Balaban J connectivity index is 1.76. The summed E-state index contributed by atoms with van der Waals surface area (Å²) in [7, 11) is -3.56. The van der Waals surface area contributed by atoms with E-state index in [1.807, 2.05) is 22.9 Å². The number of hydrogen-bond acceptors (Lipinski definition) is 5. The molecule has 0 unspecified atom stereocenters. The van der Waals surface area contributed by atoms with E-state index in [1.165, 1.54) is 18.5 Å². The van der Waals surface area contributed by atoms with Gasteiger partial charge in [0.25, 0.3) is 0 Å². The molecule has 0 saturated heterocycles. The van der Waals surface area contributed by atoms with E-state index >= 15 is 0 Å². The fourth-order valence-corrected chi connectivity index (χ4v) is 3.55. The van der Waals surface area contributed by atoms with Crippen LogP contribution in [0.1, 0.15) is 5.56 Å². The minimum Gasteiger partial charge on any atom is -0.263 e. The summed E-state index contributed by atoms with van der Waals surface area (Å²) in [5.41, 5.74) is 2.71. The molecule has 0 radical (unpaired) electrons. The molecule has 22 heavy (non-hydrogen) atoms. The van der Waals surface area contributed by atoms with E-state index < -0.39 is 10.0 Å². The maximum atomic E-state index is 12.2. The molecule has 0 spiro atoms. The summed E-state index contributed by atoms with van der Waals surface area (Å²) in [4.78, 5) is 8.28. The van der Waals surface area contributed by atoms with Crippen molar-refractivity contribution in [3.05, 3.63) is 65.2 Å². The zero-order valence-electron chi connectivity index (χ0n) is 11.5. The highest BCUT2D eigenvalue weighted by Gasteiger charge is 2.13. The molecule has 7 heteroatoms. The van der Waals surface area contributed by atoms with Crippen LogP contribution in [0.2, 0.25) is 0 Å². The van der Waals surface area contributed by atoms with Crippen LogP contribution in [0, 0.1) is 0 Å². The second kappa shape index (κ2) is 6.35. The highest BCUT2D eigenvalue weighted by molar-refractivity contribution is 7.89. The maximum Gasteiger partial charge on any atom is 0.242 e. The van der Waals surface area contributed by atoms with E-state index in [0.717, 1.165) is 16.8 Å². The Morgan fingerprint density at radius 3 is 2.82 bits per heavy atom. The average Bonchev–Trinajstić information content (AvgIpc) is 3.09. The predicted octanol–water partition coefficient (Wildman–Crippen LogP) is 2.68. The summed E-state index contributed by atoms with van der Waals surface area (Å²) in [5, 5.41) is 3.99. The van der Waals surface area contributed by atoms with Gasteiger partial charge < -0.3 is 0 Å². The summed E-state index contributed by atoms with van der Waals surface area (Å²) >= 11 is 1.60. The van der Waals surface area contributed by atoms with Crippen LogP contribution in [0.5, 0.6) is 0 Å². The average molecular weight is 331 g/mol. The second-order valence-electron chi connectivity index (χ2n) is 4.57. The molecule has 3 aromatic heterocycles. The van der Waals surface area contributed by atoms with Crippen molar-refractivity contribution in [2.75, 3.05) is 0 Å². The zero-order chi connectivity index (χ0) is 15.4. The molecule has 112 valence electrons. The van der Waals surface area contributed by atoms with Gasteiger partial charge >= 0.3 is 0 Å². The van der Waals surface area contributed by atoms with Gasteiger partial charge in [0.15, 0.2) is 0 Å². The topological polar surface area (TPSA) is 72.0 Å². The zero-order valence-corrected chi connectivity index (χ0v) is 13.1. The molecule has 0 amide bonds. The molecular formula is C15H13N3O2S2. The third-order valence-corrected chi connectivity index (χ3v) is 5.12. The van der Waals surface area contributed by atoms with Gasteiger partial charge in [0.1, 0.15) is 4.90 Å². The lowest BCUT2D eigenvalue weighted by molar-refractivity contribution is 0.581. The van der Waals surface area contributed by atoms with Gasteiger partial charge in [-0.1, -0.05) is 0 Å². The Hall–Kier alpha value is -2.09. The lowest BCUT2D eigenvalue weighted by atomic mass is 10.1. The lowest BCUT2D eigenvalue weighted by Gasteiger charge is -2.07. The van der Waals surface area contributed by atoms with E-state index in [4.69, 9.17) is 0 Å². The van der Waals surface area contributed by atoms with Crippen molar-refractivity contribution in [3.63, 3.8) is 0 Å². The number of rotatable bonds is 5. The highest BCUT2D eigenvalue weighted by Crippen LogP contribution is 2.20. The van der Waals surface area contributed by atoms with Crippen LogP contribution < -0.4 is 4.72 Å². The van der Waals surface area contributed by atoms with Crippen molar-refractivity contribution >= 4 is 21.4 Å². The summed E-state index contributed by atoms with van der Waals surface area (Å²) < 4.78 is 26.9. The lowest BCUT2D eigenvalue weighted by Crippen LogP contribution is -2.23. The molecule has 0 aliphatic rings. The number of hydrogen-bond donors (Lipinski definition) is 1.